The van der Waals surface area contributed by atoms with Gasteiger partial charge in [0.05, 0.1) is 17.9 Å². The number of benzene rings is 3. The molecule has 184 valence electrons. The summed E-state index contributed by atoms with van der Waals surface area (Å²) in [6, 6.07) is 20.8. The van der Waals surface area contributed by atoms with Crippen molar-refractivity contribution in [2.75, 3.05) is 31.1 Å². The monoisotopic (exact) mass is 484 g/mol. The molecule has 0 aromatic heterocycles. The van der Waals surface area contributed by atoms with E-state index in [0.717, 1.165) is 26.1 Å². The van der Waals surface area contributed by atoms with E-state index in [9.17, 15) is 14.0 Å². The van der Waals surface area contributed by atoms with Crippen molar-refractivity contribution in [3.05, 3.63) is 95.3 Å². The highest BCUT2D eigenvalue weighted by molar-refractivity contribution is 6.54. The summed E-state index contributed by atoms with van der Waals surface area (Å²) in [7, 11) is 0. The maximum Gasteiger partial charge on any atom is 0.277 e. The molecule has 1 fully saturated rings. The highest BCUT2D eigenvalue weighted by Gasteiger charge is 2.34. The molecule has 7 heteroatoms. The van der Waals surface area contributed by atoms with Crippen LogP contribution in [-0.4, -0.2) is 48.6 Å². The molecular formula is C29H29FN4O2. The molecule has 2 heterocycles. The zero-order chi connectivity index (χ0) is 24.9. The van der Waals surface area contributed by atoms with Crippen molar-refractivity contribution in [3.8, 4) is 0 Å². The van der Waals surface area contributed by atoms with E-state index in [2.05, 4.69) is 15.2 Å². The van der Waals surface area contributed by atoms with E-state index < -0.39 is 0 Å². The minimum Gasteiger partial charge on any atom is -0.352 e. The normalized spacial score (nSPS) is 16.5. The summed E-state index contributed by atoms with van der Waals surface area (Å²) in [5.41, 5.74) is 3.29. The molecule has 1 saturated heterocycles. The van der Waals surface area contributed by atoms with Gasteiger partial charge in [0, 0.05) is 23.2 Å². The number of likely N-dealkylation sites (tertiary alicyclic amines) is 1. The lowest BCUT2D eigenvalue weighted by Crippen LogP contribution is -2.29. The van der Waals surface area contributed by atoms with Crippen LogP contribution < -0.4 is 10.2 Å². The quantitative estimate of drug-likeness (QED) is 0.471. The molecule has 6 nitrogen and oxygen atoms in total. The Morgan fingerprint density at radius 1 is 0.944 bits per heavy atom. The van der Waals surface area contributed by atoms with Gasteiger partial charge < -0.3 is 15.1 Å². The van der Waals surface area contributed by atoms with E-state index >= 15 is 0 Å². The number of nitrogens with one attached hydrogen (secondary N) is 1. The predicted molar refractivity (Wildman–Crippen MR) is 139 cm³/mol. The van der Waals surface area contributed by atoms with Crippen molar-refractivity contribution >= 4 is 28.9 Å². The number of halogens is 1. The van der Waals surface area contributed by atoms with Crippen LogP contribution in [0.2, 0.25) is 0 Å². The summed E-state index contributed by atoms with van der Waals surface area (Å²) >= 11 is 0. The summed E-state index contributed by atoms with van der Waals surface area (Å²) in [4.78, 5) is 34.4. The lowest BCUT2D eigenvalue weighted by molar-refractivity contribution is -0.112. The molecular weight excluding hydrogens is 455 g/mol. The van der Waals surface area contributed by atoms with E-state index in [4.69, 9.17) is 0 Å². The van der Waals surface area contributed by atoms with Gasteiger partial charge in [-0.05, 0) is 75.3 Å². The molecule has 1 N–H and O–H groups in total. The first kappa shape index (κ1) is 23.9. The summed E-state index contributed by atoms with van der Waals surface area (Å²) in [6.45, 7) is 4.10. The molecule has 2 aliphatic heterocycles. The van der Waals surface area contributed by atoms with Crippen LogP contribution in [0.3, 0.4) is 0 Å². The van der Waals surface area contributed by atoms with Crippen molar-refractivity contribution in [2.45, 2.75) is 25.8 Å². The Bertz CT molecular complexity index is 1280. The zero-order valence-corrected chi connectivity index (χ0v) is 20.1. The predicted octanol–water partition coefficient (Wildman–Crippen LogP) is 4.71. The van der Waals surface area contributed by atoms with Gasteiger partial charge in [-0.15, -0.1) is 0 Å². The largest absolute Gasteiger partial charge is 0.352 e. The van der Waals surface area contributed by atoms with Crippen LogP contribution >= 0.6 is 0 Å². The Labute approximate surface area is 210 Å². The Morgan fingerprint density at radius 2 is 1.67 bits per heavy atom. The first-order chi connectivity index (χ1) is 17.6. The third kappa shape index (κ3) is 5.21. The van der Waals surface area contributed by atoms with Gasteiger partial charge in [-0.2, -0.15) is 0 Å². The van der Waals surface area contributed by atoms with E-state index in [1.165, 1.54) is 18.9 Å². The van der Waals surface area contributed by atoms with Crippen LogP contribution in [0.1, 0.15) is 40.7 Å². The van der Waals surface area contributed by atoms with Gasteiger partial charge in [0.25, 0.3) is 11.8 Å². The first-order valence-electron chi connectivity index (χ1n) is 12.4. The number of hydrogen-bond donors (Lipinski definition) is 1. The number of anilines is 1. The number of hydrogen-bond acceptors (Lipinski definition) is 4. The van der Waals surface area contributed by atoms with Crippen LogP contribution in [-0.2, 0) is 11.3 Å². The lowest BCUT2D eigenvalue weighted by atomic mass is 10.1. The van der Waals surface area contributed by atoms with Gasteiger partial charge in [0.15, 0.2) is 0 Å². The van der Waals surface area contributed by atoms with Crippen molar-refractivity contribution in [1.82, 2.24) is 10.2 Å². The van der Waals surface area contributed by atoms with Crippen molar-refractivity contribution in [2.24, 2.45) is 4.99 Å². The molecule has 0 unspecified atom stereocenters. The first-order valence-corrected chi connectivity index (χ1v) is 12.4. The fourth-order valence-electron chi connectivity index (χ4n) is 4.75. The third-order valence-corrected chi connectivity index (χ3v) is 6.69. The van der Waals surface area contributed by atoms with Gasteiger partial charge in [0.1, 0.15) is 11.5 Å². The van der Waals surface area contributed by atoms with Crippen LogP contribution in [0, 0.1) is 5.82 Å². The third-order valence-electron chi connectivity index (χ3n) is 6.69. The summed E-state index contributed by atoms with van der Waals surface area (Å²) in [6.07, 6.45) is 3.47. The number of fused-ring (bicyclic) bond motifs is 1. The Hall–Kier alpha value is -3.84. The summed E-state index contributed by atoms with van der Waals surface area (Å²) in [5, 5.41) is 2.98. The van der Waals surface area contributed by atoms with Crippen molar-refractivity contribution in [1.29, 1.82) is 0 Å². The minimum atomic E-state index is -0.349. The molecule has 0 radical (unpaired) electrons. The van der Waals surface area contributed by atoms with Gasteiger partial charge in [0.2, 0.25) is 0 Å². The number of amides is 2. The molecule has 3 aromatic carbocycles. The van der Waals surface area contributed by atoms with Gasteiger partial charge >= 0.3 is 0 Å². The molecule has 0 bridgehead atoms. The maximum atomic E-state index is 14.3. The zero-order valence-electron chi connectivity index (χ0n) is 20.1. The fourth-order valence-corrected chi connectivity index (χ4v) is 4.75. The molecule has 2 aliphatic rings. The van der Waals surface area contributed by atoms with Crippen LogP contribution in [0.4, 0.5) is 15.8 Å². The molecule has 2 amide bonds. The minimum absolute atomic E-state index is 0.117. The second-order valence-corrected chi connectivity index (χ2v) is 9.17. The summed E-state index contributed by atoms with van der Waals surface area (Å²) < 4.78 is 14.3. The van der Waals surface area contributed by atoms with Gasteiger partial charge in [-0.25, -0.2) is 9.38 Å². The Balaban J connectivity index is 1.27. The molecule has 0 atom stereocenters. The highest BCUT2D eigenvalue weighted by Crippen LogP contribution is 2.32. The van der Waals surface area contributed by atoms with E-state index in [1.54, 1.807) is 47.4 Å². The maximum absolute atomic E-state index is 14.3. The number of carbonyl (C=O) groups is 2. The second kappa shape index (κ2) is 10.8. The highest BCUT2D eigenvalue weighted by atomic mass is 19.1. The average Bonchev–Trinajstić information content (AvgIpc) is 3.51. The smallest absolute Gasteiger partial charge is 0.277 e. The SMILES string of the molecule is O=C(NCCCN1CCCC1)c1ccc(N=C2C(=O)N(Cc3ccccc3F)c3ccccc32)cc1. The molecule has 0 saturated carbocycles. The second-order valence-electron chi connectivity index (χ2n) is 9.17. The van der Waals surface area contributed by atoms with Gasteiger partial charge in [-0.3, -0.25) is 9.59 Å². The van der Waals surface area contributed by atoms with Crippen molar-refractivity contribution in [3.63, 3.8) is 0 Å². The molecule has 3 aromatic rings. The standard InChI is InChI=1S/C29H29FN4O2/c30-25-10-3-1-8-22(25)20-34-26-11-4-2-9-24(26)27(29(34)36)32-23-14-12-21(13-15-23)28(35)31-16-7-19-33-17-5-6-18-33/h1-4,8-15H,5-7,16-20H2,(H,31,35). The number of rotatable bonds is 8. The van der Waals surface area contributed by atoms with Crippen LogP contribution in [0.5, 0.6) is 0 Å². The fraction of sp³-hybridized carbons (Fsp3) is 0.276. The summed E-state index contributed by atoms with van der Waals surface area (Å²) in [5.74, 6) is -0.744. The van der Waals surface area contributed by atoms with E-state index in [0.29, 0.717) is 40.3 Å². The van der Waals surface area contributed by atoms with E-state index in [-0.39, 0.29) is 24.2 Å². The average molecular weight is 485 g/mol. The number of aliphatic imine (C=N–C) groups is 1. The van der Waals surface area contributed by atoms with E-state index in [1.807, 2.05) is 24.3 Å². The molecule has 0 aliphatic carbocycles. The Kier molecular flexibility index (Phi) is 7.18. The number of carbonyl (C=O) groups excluding carboxylic acids is 2. The molecule has 36 heavy (non-hydrogen) atoms. The number of nitrogens with zero attached hydrogens (tertiary/aromatic N) is 3. The Morgan fingerprint density at radius 3 is 2.44 bits per heavy atom. The van der Waals surface area contributed by atoms with Crippen LogP contribution in [0.15, 0.2) is 77.8 Å². The topological polar surface area (TPSA) is 65.0 Å². The lowest BCUT2D eigenvalue weighted by Gasteiger charge is -2.17. The van der Waals surface area contributed by atoms with Crippen LogP contribution in [0.25, 0.3) is 0 Å². The van der Waals surface area contributed by atoms with Crippen molar-refractivity contribution < 1.29 is 14.0 Å². The number of para-hydroxylation sites is 1. The molecule has 5 rings (SSSR count). The van der Waals surface area contributed by atoms with Gasteiger partial charge in [-0.1, -0.05) is 36.4 Å². The molecule has 0 spiro atoms.